The maximum absolute atomic E-state index is 2.61. The standard InChI is InChI=1S/C17H19Si/c1-18(2,3)12-17-15-10-6-4-8-13(15)14-9-5-7-11-16(14)17/h4-12,17H,1-3H3. The zero-order valence-electron chi connectivity index (χ0n) is 11.3. The first-order chi connectivity index (χ1) is 8.56. The lowest BCUT2D eigenvalue weighted by molar-refractivity contribution is 1.03. The minimum Gasteiger partial charge on any atom is -0.0693 e. The minimum atomic E-state index is -1.18. The summed E-state index contributed by atoms with van der Waals surface area (Å²) in [6, 6.07) is 20.3. The quantitative estimate of drug-likeness (QED) is 0.667. The molecular formula is C17H19Si. The third kappa shape index (κ3) is 1.93. The third-order valence-electron chi connectivity index (χ3n) is 3.55. The van der Waals surface area contributed by atoms with Crippen molar-refractivity contribution in [3.8, 4) is 11.1 Å². The molecule has 0 saturated heterocycles. The monoisotopic (exact) mass is 251 g/mol. The van der Waals surface area contributed by atoms with E-state index < -0.39 is 8.07 Å². The number of rotatable bonds is 2. The topological polar surface area (TPSA) is 0 Å². The van der Waals surface area contributed by atoms with Crippen LogP contribution in [0, 0.1) is 6.04 Å². The normalized spacial score (nSPS) is 14.4. The van der Waals surface area contributed by atoms with Crippen LogP contribution in [0.2, 0.25) is 19.6 Å². The van der Waals surface area contributed by atoms with Crippen molar-refractivity contribution in [3.05, 3.63) is 65.7 Å². The molecule has 1 aliphatic carbocycles. The summed E-state index contributed by atoms with van der Waals surface area (Å²) in [6.07, 6.45) is 0. The molecule has 1 heteroatoms. The van der Waals surface area contributed by atoms with Gasteiger partial charge >= 0.3 is 0 Å². The van der Waals surface area contributed by atoms with Crippen molar-refractivity contribution in [3.63, 3.8) is 0 Å². The highest BCUT2D eigenvalue weighted by molar-refractivity contribution is 6.79. The lowest BCUT2D eigenvalue weighted by Gasteiger charge is -2.22. The van der Waals surface area contributed by atoms with Crippen LogP contribution in [0.15, 0.2) is 48.5 Å². The van der Waals surface area contributed by atoms with Gasteiger partial charge in [-0.2, -0.15) is 0 Å². The number of hydrogen-bond acceptors (Lipinski definition) is 0. The largest absolute Gasteiger partial charge is 0.0693 e. The van der Waals surface area contributed by atoms with E-state index in [0.717, 1.165) is 0 Å². The summed E-state index contributed by atoms with van der Waals surface area (Å²) in [5.74, 6) is 0.504. The van der Waals surface area contributed by atoms with Crippen molar-refractivity contribution in [2.45, 2.75) is 25.6 Å². The Kier molecular flexibility index (Phi) is 2.67. The van der Waals surface area contributed by atoms with E-state index in [9.17, 15) is 0 Å². The smallest absolute Gasteiger partial charge is 0.0484 e. The van der Waals surface area contributed by atoms with Crippen LogP contribution in [-0.4, -0.2) is 8.07 Å². The second-order valence-electron chi connectivity index (χ2n) is 6.18. The van der Waals surface area contributed by atoms with Crippen molar-refractivity contribution in [2.75, 3.05) is 0 Å². The van der Waals surface area contributed by atoms with Gasteiger partial charge in [0.2, 0.25) is 0 Å². The molecule has 0 fully saturated rings. The Morgan fingerprint density at radius 1 is 0.778 bits per heavy atom. The second-order valence-corrected chi connectivity index (χ2v) is 11.3. The van der Waals surface area contributed by atoms with E-state index in [1.807, 2.05) is 0 Å². The summed E-state index contributed by atoms with van der Waals surface area (Å²) in [7, 11) is -1.18. The molecule has 0 nitrogen and oxygen atoms in total. The Morgan fingerprint density at radius 2 is 1.22 bits per heavy atom. The number of fused-ring (bicyclic) bond motifs is 3. The van der Waals surface area contributed by atoms with Crippen LogP contribution in [0.1, 0.15) is 17.0 Å². The van der Waals surface area contributed by atoms with Crippen LogP contribution in [-0.2, 0) is 0 Å². The lowest BCUT2D eigenvalue weighted by Crippen LogP contribution is -2.24. The summed E-state index contributed by atoms with van der Waals surface area (Å²) < 4.78 is 0. The van der Waals surface area contributed by atoms with Crippen molar-refractivity contribution in [1.82, 2.24) is 0 Å². The SMILES string of the molecule is C[Si](C)(C)[CH]C1c2ccccc2-c2ccccc21. The molecule has 0 amide bonds. The van der Waals surface area contributed by atoms with Gasteiger partial charge in [-0.25, -0.2) is 0 Å². The fourth-order valence-corrected chi connectivity index (χ4v) is 4.23. The summed E-state index contributed by atoms with van der Waals surface area (Å²) in [4.78, 5) is 0. The Balaban J connectivity index is 2.15. The van der Waals surface area contributed by atoms with Gasteiger partial charge in [0.15, 0.2) is 0 Å². The Bertz CT molecular complexity index is 533. The van der Waals surface area contributed by atoms with Gasteiger partial charge in [-0.3, -0.25) is 0 Å². The van der Waals surface area contributed by atoms with Crippen LogP contribution >= 0.6 is 0 Å². The van der Waals surface area contributed by atoms with E-state index in [1.54, 1.807) is 0 Å². The molecule has 1 radical (unpaired) electrons. The van der Waals surface area contributed by atoms with Crippen molar-refractivity contribution < 1.29 is 0 Å². The number of hydrogen-bond donors (Lipinski definition) is 0. The second kappa shape index (κ2) is 4.10. The molecule has 1 aliphatic rings. The molecule has 91 valence electrons. The van der Waals surface area contributed by atoms with Crippen LogP contribution in [0.4, 0.5) is 0 Å². The predicted octanol–water partition coefficient (Wildman–Crippen LogP) is 4.88. The first-order valence-electron chi connectivity index (χ1n) is 6.60. The van der Waals surface area contributed by atoms with Gasteiger partial charge in [-0.1, -0.05) is 68.2 Å². The molecule has 0 bridgehead atoms. The Morgan fingerprint density at radius 3 is 1.67 bits per heavy atom. The molecule has 0 saturated carbocycles. The summed E-state index contributed by atoms with van der Waals surface area (Å²) >= 11 is 0. The van der Waals surface area contributed by atoms with Crippen LogP contribution < -0.4 is 0 Å². The highest BCUT2D eigenvalue weighted by atomic mass is 28.3. The molecule has 3 rings (SSSR count). The molecule has 0 heterocycles. The summed E-state index contributed by atoms with van der Waals surface area (Å²) in [6.45, 7) is 7.24. The summed E-state index contributed by atoms with van der Waals surface area (Å²) in [5, 5.41) is 0. The molecule has 0 aromatic heterocycles. The Labute approximate surface area is 111 Å². The first-order valence-corrected chi connectivity index (χ1v) is 10.2. The first kappa shape index (κ1) is 11.7. The number of benzene rings is 2. The van der Waals surface area contributed by atoms with Gasteiger partial charge in [0.1, 0.15) is 0 Å². The van der Waals surface area contributed by atoms with Gasteiger partial charge in [-0.15, -0.1) is 0 Å². The fourth-order valence-electron chi connectivity index (χ4n) is 2.87. The third-order valence-corrected chi connectivity index (χ3v) is 4.88. The Hall–Kier alpha value is -1.34. The maximum Gasteiger partial charge on any atom is 0.0484 e. The van der Waals surface area contributed by atoms with E-state index in [2.05, 4.69) is 74.2 Å². The molecular weight excluding hydrogens is 232 g/mol. The molecule has 0 N–H and O–H groups in total. The van der Waals surface area contributed by atoms with E-state index in [0.29, 0.717) is 5.92 Å². The molecule has 0 spiro atoms. The van der Waals surface area contributed by atoms with Gasteiger partial charge < -0.3 is 0 Å². The van der Waals surface area contributed by atoms with Crippen LogP contribution in [0.3, 0.4) is 0 Å². The molecule has 2 aromatic carbocycles. The average molecular weight is 251 g/mol. The molecule has 0 atom stereocenters. The van der Waals surface area contributed by atoms with Crippen molar-refractivity contribution >= 4 is 8.07 Å². The van der Waals surface area contributed by atoms with E-state index in [-0.39, 0.29) is 0 Å². The van der Waals surface area contributed by atoms with Gasteiger partial charge in [0, 0.05) is 14.0 Å². The van der Waals surface area contributed by atoms with E-state index in [1.165, 1.54) is 22.3 Å². The highest BCUT2D eigenvalue weighted by Crippen LogP contribution is 2.46. The van der Waals surface area contributed by atoms with Gasteiger partial charge in [0.25, 0.3) is 0 Å². The molecule has 0 aliphatic heterocycles. The zero-order valence-corrected chi connectivity index (χ0v) is 12.3. The van der Waals surface area contributed by atoms with E-state index in [4.69, 9.17) is 0 Å². The van der Waals surface area contributed by atoms with Crippen molar-refractivity contribution in [1.29, 1.82) is 0 Å². The van der Waals surface area contributed by atoms with Crippen LogP contribution in [0.5, 0.6) is 0 Å². The van der Waals surface area contributed by atoms with Crippen molar-refractivity contribution in [2.24, 2.45) is 0 Å². The van der Waals surface area contributed by atoms with E-state index >= 15 is 0 Å². The minimum absolute atomic E-state index is 0.504. The van der Waals surface area contributed by atoms with Crippen LogP contribution in [0.25, 0.3) is 11.1 Å². The predicted molar refractivity (Wildman–Crippen MR) is 81.4 cm³/mol. The molecule has 2 aromatic rings. The van der Waals surface area contributed by atoms with Gasteiger partial charge in [-0.05, 0) is 28.3 Å². The maximum atomic E-state index is 2.61. The average Bonchev–Trinajstić information content (AvgIpc) is 2.64. The highest BCUT2D eigenvalue weighted by Gasteiger charge is 2.31. The summed E-state index contributed by atoms with van der Waals surface area (Å²) in [5.41, 5.74) is 5.82. The lowest BCUT2D eigenvalue weighted by atomic mass is 9.99. The molecule has 0 unspecified atom stereocenters. The zero-order chi connectivity index (χ0) is 12.8. The molecule has 18 heavy (non-hydrogen) atoms. The fraction of sp³-hybridized carbons (Fsp3) is 0.235. The van der Waals surface area contributed by atoms with Gasteiger partial charge in [0.05, 0.1) is 0 Å².